The maximum atomic E-state index is 12.3. The number of anilines is 1. The highest BCUT2D eigenvalue weighted by Crippen LogP contribution is 2.36. The van der Waals surface area contributed by atoms with Crippen molar-refractivity contribution >= 4 is 51.2 Å². The predicted octanol–water partition coefficient (Wildman–Crippen LogP) is 3.92. The van der Waals surface area contributed by atoms with E-state index >= 15 is 0 Å². The zero-order valence-electron chi connectivity index (χ0n) is 13.0. The van der Waals surface area contributed by atoms with Gasteiger partial charge in [0.1, 0.15) is 5.01 Å². The van der Waals surface area contributed by atoms with Crippen LogP contribution in [0.3, 0.4) is 0 Å². The van der Waals surface area contributed by atoms with Crippen molar-refractivity contribution in [3.8, 4) is 0 Å². The van der Waals surface area contributed by atoms with E-state index in [1.54, 1.807) is 19.1 Å². The quantitative estimate of drug-likeness (QED) is 0.516. The number of carbonyl (C=O) groups is 1. The van der Waals surface area contributed by atoms with Crippen molar-refractivity contribution < 1.29 is 9.72 Å². The summed E-state index contributed by atoms with van der Waals surface area (Å²) < 4.78 is 0.710. The summed E-state index contributed by atoms with van der Waals surface area (Å²) in [6.07, 6.45) is 0. The smallest absolute Gasteiger partial charge is 0.284 e. The summed E-state index contributed by atoms with van der Waals surface area (Å²) in [7, 11) is 0. The summed E-state index contributed by atoms with van der Waals surface area (Å²) in [6.45, 7) is 3.63. The van der Waals surface area contributed by atoms with E-state index in [1.165, 1.54) is 40.5 Å². The first-order chi connectivity index (χ1) is 11.9. The highest BCUT2D eigenvalue weighted by Gasteiger charge is 2.20. The molecule has 1 N–H and O–H groups in total. The minimum atomic E-state index is -0.505. The summed E-state index contributed by atoms with van der Waals surface area (Å²) >= 11 is 3.85. The van der Waals surface area contributed by atoms with E-state index in [0.29, 0.717) is 19.4 Å². The minimum Gasteiger partial charge on any atom is -0.296 e. The summed E-state index contributed by atoms with van der Waals surface area (Å²) in [4.78, 5) is 27.9. The summed E-state index contributed by atoms with van der Waals surface area (Å²) in [6, 6.07) is 4.35. The van der Waals surface area contributed by atoms with Gasteiger partial charge in [-0.15, -0.1) is 21.5 Å². The third-order valence-electron chi connectivity index (χ3n) is 2.96. The molecule has 2 heterocycles. The zero-order valence-corrected chi connectivity index (χ0v) is 15.5. The van der Waals surface area contributed by atoms with Crippen molar-refractivity contribution in [2.24, 2.45) is 0 Å². The van der Waals surface area contributed by atoms with Crippen molar-refractivity contribution in [2.45, 2.75) is 23.1 Å². The Labute approximate surface area is 154 Å². The number of aromatic nitrogens is 3. The molecule has 128 valence electrons. The van der Waals surface area contributed by atoms with E-state index in [1.807, 2.05) is 12.3 Å². The van der Waals surface area contributed by atoms with Crippen molar-refractivity contribution in [1.82, 2.24) is 15.2 Å². The van der Waals surface area contributed by atoms with Gasteiger partial charge in [0.15, 0.2) is 4.34 Å². The number of aryl methyl sites for hydroxylation is 2. The van der Waals surface area contributed by atoms with Gasteiger partial charge in [-0.05, 0) is 26.0 Å². The number of nitrogens with zero attached hydrogens (tertiary/aromatic N) is 4. The number of hydrogen-bond donors (Lipinski definition) is 1. The van der Waals surface area contributed by atoms with Crippen LogP contribution in [0.5, 0.6) is 0 Å². The maximum Gasteiger partial charge on any atom is 0.284 e. The average molecular weight is 393 g/mol. The van der Waals surface area contributed by atoms with Gasteiger partial charge in [0.05, 0.1) is 9.82 Å². The molecule has 1 amide bonds. The number of rotatable bonds is 5. The fourth-order valence-corrected chi connectivity index (χ4v) is 4.34. The molecule has 2 aromatic heterocycles. The lowest BCUT2D eigenvalue weighted by Crippen LogP contribution is -2.12. The Morgan fingerprint density at radius 2 is 2.12 bits per heavy atom. The number of carbonyl (C=O) groups excluding carboxylic acids is 1. The van der Waals surface area contributed by atoms with Crippen LogP contribution in [-0.4, -0.2) is 26.0 Å². The number of hydrogen-bond acceptors (Lipinski definition) is 9. The molecule has 0 aliphatic rings. The SMILES string of the molecule is Cc1csc(Sc2ccc(C(=O)Nc3nnc(C)s3)cc2[N+](=O)[O-])n1. The molecule has 11 heteroatoms. The Hall–Kier alpha value is -2.37. The van der Waals surface area contributed by atoms with Crippen LogP contribution in [0.2, 0.25) is 0 Å². The number of benzene rings is 1. The van der Waals surface area contributed by atoms with E-state index in [-0.39, 0.29) is 11.3 Å². The largest absolute Gasteiger partial charge is 0.296 e. The molecule has 25 heavy (non-hydrogen) atoms. The zero-order chi connectivity index (χ0) is 18.0. The van der Waals surface area contributed by atoms with Crippen LogP contribution in [0.4, 0.5) is 10.8 Å². The fourth-order valence-electron chi connectivity index (χ4n) is 1.88. The normalized spacial score (nSPS) is 10.6. The van der Waals surface area contributed by atoms with Crippen molar-refractivity contribution in [3.63, 3.8) is 0 Å². The standard InChI is InChI=1S/C14H11N5O3S3/c1-7-6-23-14(15-7)25-11-4-3-9(5-10(11)19(21)22)12(20)16-13-18-17-8(2)24-13/h3-6H,1-2H3,(H,16,18,20). The van der Waals surface area contributed by atoms with Gasteiger partial charge in [-0.1, -0.05) is 23.1 Å². The molecule has 3 rings (SSSR count). The molecule has 3 aromatic rings. The van der Waals surface area contributed by atoms with E-state index in [9.17, 15) is 14.9 Å². The molecule has 0 radical (unpaired) electrons. The molecule has 0 fully saturated rings. The molecule has 1 aromatic carbocycles. The Balaban J connectivity index is 1.85. The number of nitro benzene ring substituents is 1. The van der Waals surface area contributed by atoms with Gasteiger partial charge in [-0.2, -0.15) is 0 Å². The van der Waals surface area contributed by atoms with E-state index in [2.05, 4.69) is 20.5 Å². The Morgan fingerprint density at radius 1 is 1.32 bits per heavy atom. The van der Waals surface area contributed by atoms with Gasteiger partial charge < -0.3 is 0 Å². The molecule has 0 aliphatic carbocycles. The second-order valence-electron chi connectivity index (χ2n) is 4.88. The van der Waals surface area contributed by atoms with Gasteiger partial charge >= 0.3 is 0 Å². The number of thiazole rings is 1. The number of nitro groups is 1. The monoisotopic (exact) mass is 393 g/mol. The average Bonchev–Trinajstić information content (AvgIpc) is 3.15. The van der Waals surface area contributed by atoms with Crippen LogP contribution in [-0.2, 0) is 0 Å². The van der Waals surface area contributed by atoms with Gasteiger partial charge in [-0.25, -0.2) is 4.98 Å². The Morgan fingerprint density at radius 3 is 2.72 bits per heavy atom. The Kier molecular flexibility index (Phi) is 5.06. The first-order valence-electron chi connectivity index (χ1n) is 6.92. The highest BCUT2D eigenvalue weighted by atomic mass is 32.2. The molecule has 0 atom stereocenters. The van der Waals surface area contributed by atoms with Crippen LogP contribution in [0.25, 0.3) is 0 Å². The van der Waals surface area contributed by atoms with E-state index in [4.69, 9.17) is 0 Å². The molecule has 0 spiro atoms. The second kappa shape index (κ2) is 7.25. The first-order valence-corrected chi connectivity index (χ1v) is 9.43. The molecule has 0 saturated heterocycles. The van der Waals surface area contributed by atoms with Crippen LogP contribution in [0.1, 0.15) is 21.1 Å². The van der Waals surface area contributed by atoms with Crippen LogP contribution in [0, 0.1) is 24.0 Å². The molecular formula is C14H11N5O3S3. The van der Waals surface area contributed by atoms with Crippen LogP contribution < -0.4 is 5.32 Å². The van der Waals surface area contributed by atoms with Crippen LogP contribution in [0.15, 0.2) is 32.8 Å². The predicted molar refractivity (Wildman–Crippen MR) is 96.7 cm³/mol. The van der Waals surface area contributed by atoms with E-state index < -0.39 is 10.8 Å². The molecule has 0 saturated carbocycles. The maximum absolute atomic E-state index is 12.3. The van der Waals surface area contributed by atoms with Crippen LogP contribution >= 0.6 is 34.4 Å². The lowest BCUT2D eigenvalue weighted by molar-refractivity contribution is -0.387. The van der Waals surface area contributed by atoms with Gasteiger partial charge in [0.25, 0.3) is 11.6 Å². The molecule has 8 nitrogen and oxygen atoms in total. The minimum absolute atomic E-state index is 0.140. The van der Waals surface area contributed by atoms with Gasteiger partial charge in [0.2, 0.25) is 5.13 Å². The molecule has 0 bridgehead atoms. The topological polar surface area (TPSA) is 111 Å². The lowest BCUT2D eigenvalue weighted by Gasteiger charge is -2.04. The fraction of sp³-hybridized carbons (Fsp3) is 0.143. The molecule has 0 unspecified atom stereocenters. The second-order valence-corrected chi connectivity index (χ2v) is 8.21. The summed E-state index contributed by atoms with van der Waals surface area (Å²) in [5.74, 6) is -0.471. The number of nitrogens with one attached hydrogen (secondary N) is 1. The molecule has 0 aliphatic heterocycles. The summed E-state index contributed by atoms with van der Waals surface area (Å²) in [5.41, 5.74) is 0.900. The molecular weight excluding hydrogens is 382 g/mol. The lowest BCUT2D eigenvalue weighted by atomic mass is 10.2. The Bertz CT molecular complexity index is 953. The third-order valence-corrected chi connectivity index (χ3v) is 5.84. The van der Waals surface area contributed by atoms with Crippen molar-refractivity contribution in [2.75, 3.05) is 5.32 Å². The highest BCUT2D eigenvalue weighted by molar-refractivity contribution is 8.01. The van der Waals surface area contributed by atoms with Gasteiger partial charge in [-0.3, -0.25) is 20.2 Å². The van der Waals surface area contributed by atoms with Crippen molar-refractivity contribution in [1.29, 1.82) is 0 Å². The summed E-state index contributed by atoms with van der Waals surface area (Å²) in [5, 5.41) is 24.5. The van der Waals surface area contributed by atoms with Gasteiger partial charge in [0, 0.05) is 22.7 Å². The third kappa shape index (κ3) is 4.18. The van der Waals surface area contributed by atoms with E-state index in [0.717, 1.165) is 5.69 Å². The first kappa shape index (κ1) is 17.5. The van der Waals surface area contributed by atoms with Crippen molar-refractivity contribution in [3.05, 3.63) is 50.0 Å². The number of amides is 1.